The van der Waals surface area contributed by atoms with Gasteiger partial charge in [-0.1, -0.05) is 0 Å². The van der Waals surface area contributed by atoms with Crippen molar-refractivity contribution in [2.75, 3.05) is 7.11 Å². The average molecular weight is 170 g/mol. The lowest BCUT2D eigenvalue weighted by Crippen LogP contribution is -2.23. The highest BCUT2D eigenvalue weighted by molar-refractivity contribution is 5.93. The molecule has 0 aliphatic heterocycles. The summed E-state index contributed by atoms with van der Waals surface area (Å²) in [6, 6.07) is 0. The van der Waals surface area contributed by atoms with Gasteiger partial charge in [0.05, 0.1) is 7.11 Å². The third-order valence-electron chi connectivity index (χ3n) is 1.83. The third kappa shape index (κ3) is 1.64. The fourth-order valence-corrected chi connectivity index (χ4v) is 1.15. The fourth-order valence-electron chi connectivity index (χ4n) is 1.15. The highest BCUT2D eigenvalue weighted by atomic mass is 16.5. The molecule has 0 amide bonds. The van der Waals surface area contributed by atoms with Crippen LogP contribution in [0.25, 0.3) is 0 Å². The van der Waals surface area contributed by atoms with E-state index in [-0.39, 0.29) is 11.5 Å². The van der Waals surface area contributed by atoms with Crippen LogP contribution in [-0.2, 0) is 14.3 Å². The Kier molecular flexibility index (Phi) is 2.47. The molecular formula is C8H10O4. The number of aliphatic hydroxyl groups excluding tert-OH is 1. The zero-order valence-electron chi connectivity index (χ0n) is 6.74. The van der Waals surface area contributed by atoms with Gasteiger partial charge in [-0.25, -0.2) is 0 Å². The first kappa shape index (κ1) is 8.77. The van der Waals surface area contributed by atoms with Crippen molar-refractivity contribution in [1.82, 2.24) is 0 Å². The molecule has 0 fully saturated rings. The number of methoxy groups -OCH3 is 1. The topological polar surface area (TPSA) is 63.6 Å². The van der Waals surface area contributed by atoms with Crippen LogP contribution in [0.15, 0.2) is 11.8 Å². The van der Waals surface area contributed by atoms with Gasteiger partial charge >= 0.3 is 5.97 Å². The molecule has 0 aromatic heterocycles. The van der Waals surface area contributed by atoms with Crippen molar-refractivity contribution in [2.45, 2.75) is 12.8 Å². The zero-order chi connectivity index (χ0) is 9.14. The van der Waals surface area contributed by atoms with Crippen molar-refractivity contribution >= 4 is 11.8 Å². The van der Waals surface area contributed by atoms with E-state index in [1.165, 1.54) is 7.11 Å². The van der Waals surface area contributed by atoms with E-state index in [1.807, 2.05) is 0 Å². The van der Waals surface area contributed by atoms with Gasteiger partial charge < -0.3 is 9.84 Å². The number of carbonyl (C=O) groups excluding carboxylic acids is 2. The molecule has 0 aromatic rings. The number of carbonyl (C=O) groups is 2. The summed E-state index contributed by atoms with van der Waals surface area (Å²) in [6.45, 7) is 0. The predicted molar refractivity (Wildman–Crippen MR) is 40.5 cm³/mol. The van der Waals surface area contributed by atoms with Crippen molar-refractivity contribution in [3.63, 3.8) is 0 Å². The molecule has 1 unspecified atom stereocenters. The van der Waals surface area contributed by atoms with E-state index in [9.17, 15) is 14.7 Å². The van der Waals surface area contributed by atoms with Gasteiger partial charge in [-0.15, -0.1) is 0 Å². The van der Waals surface area contributed by atoms with E-state index in [0.29, 0.717) is 12.8 Å². The van der Waals surface area contributed by atoms with Gasteiger partial charge in [0.2, 0.25) is 0 Å². The number of ketones is 1. The average Bonchev–Trinajstić information content (AvgIpc) is 2.03. The van der Waals surface area contributed by atoms with Gasteiger partial charge in [0, 0.05) is 12.5 Å². The summed E-state index contributed by atoms with van der Waals surface area (Å²) < 4.78 is 4.44. The molecule has 66 valence electrons. The van der Waals surface area contributed by atoms with Crippen LogP contribution >= 0.6 is 0 Å². The number of allylic oxidation sites excluding steroid dienone is 1. The molecule has 0 saturated carbocycles. The molecule has 1 aliphatic carbocycles. The Hall–Kier alpha value is -1.32. The van der Waals surface area contributed by atoms with E-state index in [4.69, 9.17) is 0 Å². The Morgan fingerprint density at radius 2 is 2.42 bits per heavy atom. The maximum absolute atomic E-state index is 10.9. The highest BCUT2D eigenvalue weighted by Crippen LogP contribution is 2.21. The second kappa shape index (κ2) is 3.38. The first-order valence-corrected chi connectivity index (χ1v) is 3.66. The van der Waals surface area contributed by atoms with Crippen molar-refractivity contribution in [2.24, 2.45) is 5.92 Å². The largest absolute Gasteiger partial charge is 0.511 e. The van der Waals surface area contributed by atoms with Crippen LogP contribution in [0.2, 0.25) is 0 Å². The molecule has 0 bridgehead atoms. The first-order chi connectivity index (χ1) is 5.65. The van der Waals surface area contributed by atoms with E-state index >= 15 is 0 Å². The monoisotopic (exact) mass is 170 g/mol. The summed E-state index contributed by atoms with van der Waals surface area (Å²) in [5.41, 5.74) is 0. The summed E-state index contributed by atoms with van der Waals surface area (Å²) in [6.07, 6.45) is 1.72. The first-order valence-electron chi connectivity index (χ1n) is 3.66. The second-order valence-electron chi connectivity index (χ2n) is 2.65. The highest BCUT2D eigenvalue weighted by Gasteiger charge is 2.28. The van der Waals surface area contributed by atoms with Crippen molar-refractivity contribution in [1.29, 1.82) is 0 Å². The van der Waals surface area contributed by atoms with Crippen LogP contribution in [0.4, 0.5) is 0 Å². The standard InChI is InChI=1S/C8H10O4/c1-12-8(11)6-3-2-5(9)4-7(6)10/h4,6,10H,2-3H2,1H3. The lowest BCUT2D eigenvalue weighted by atomic mass is 9.93. The lowest BCUT2D eigenvalue weighted by Gasteiger charge is -2.16. The molecule has 0 saturated heterocycles. The summed E-state index contributed by atoms with van der Waals surface area (Å²) in [5.74, 6) is -1.46. The van der Waals surface area contributed by atoms with Crippen LogP contribution < -0.4 is 0 Å². The minimum atomic E-state index is -0.646. The number of aliphatic hydroxyl groups is 1. The summed E-state index contributed by atoms with van der Waals surface area (Å²) in [5, 5.41) is 9.18. The number of hydrogen-bond donors (Lipinski definition) is 1. The van der Waals surface area contributed by atoms with Crippen LogP contribution in [0.5, 0.6) is 0 Å². The van der Waals surface area contributed by atoms with Crippen LogP contribution in [0, 0.1) is 5.92 Å². The van der Waals surface area contributed by atoms with Crippen LogP contribution in [-0.4, -0.2) is 24.0 Å². The quantitative estimate of drug-likeness (QED) is 0.584. The maximum Gasteiger partial charge on any atom is 0.316 e. The molecule has 1 N–H and O–H groups in total. The molecule has 1 atom stereocenters. The Morgan fingerprint density at radius 1 is 1.75 bits per heavy atom. The van der Waals surface area contributed by atoms with Gasteiger partial charge in [-0.3, -0.25) is 9.59 Å². The van der Waals surface area contributed by atoms with E-state index < -0.39 is 11.9 Å². The Morgan fingerprint density at radius 3 is 2.92 bits per heavy atom. The summed E-state index contributed by atoms with van der Waals surface area (Å²) in [4.78, 5) is 21.7. The van der Waals surface area contributed by atoms with E-state index in [2.05, 4.69) is 4.74 Å². The SMILES string of the molecule is COC(=O)C1CCC(=O)C=C1O. The van der Waals surface area contributed by atoms with Gasteiger partial charge in [0.15, 0.2) is 5.78 Å². The van der Waals surface area contributed by atoms with Crippen LogP contribution in [0.1, 0.15) is 12.8 Å². The minimum Gasteiger partial charge on any atom is -0.511 e. The van der Waals surface area contributed by atoms with Crippen molar-refractivity contribution in [3.05, 3.63) is 11.8 Å². The molecule has 0 aromatic carbocycles. The summed E-state index contributed by atoms with van der Waals surface area (Å²) >= 11 is 0. The number of ether oxygens (including phenoxy) is 1. The maximum atomic E-state index is 10.9. The molecule has 1 rings (SSSR count). The van der Waals surface area contributed by atoms with Crippen molar-refractivity contribution in [3.8, 4) is 0 Å². The summed E-state index contributed by atoms with van der Waals surface area (Å²) in [7, 11) is 1.26. The Balaban J connectivity index is 2.75. The third-order valence-corrected chi connectivity index (χ3v) is 1.83. The number of rotatable bonds is 1. The van der Waals surface area contributed by atoms with Gasteiger partial charge in [-0.2, -0.15) is 0 Å². The molecule has 1 aliphatic rings. The molecule has 12 heavy (non-hydrogen) atoms. The zero-order valence-corrected chi connectivity index (χ0v) is 6.74. The molecule has 0 radical (unpaired) electrons. The van der Waals surface area contributed by atoms with Crippen LogP contribution in [0.3, 0.4) is 0 Å². The number of esters is 1. The van der Waals surface area contributed by atoms with Gasteiger partial charge in [0.25, 0.3) is 0 Å². The molecule has 4 heteroatoms. The van der Waals surface area contributed by atoms with E-state index in [1.54, 1.807) is 0 Å². The van der Waals surface area contributed by atoms with Crippen molar-refractivity contribution < 1.29 is 19.4 Å². The normalized spacial score (nSPS) is 23.2. The minimum absolute atomic E-state index is 0.146. The van der Waals surface area contributed by atoms with E-state index in [0.717, 1.165) is 6.08 Å². The molecular weight excluding hydrogens is 160 g/mol. The fraction of sp³-hybridized carbons (Fsp3) is 0.500. The molecule has 0 heterocycles. The smallest absolute Gasteiger partial charge is 0.316 e. The van der Waals surface area contributed by atoms with Gasteiger partial charge in [-0.05, 0) is 6.42 Å². The second-order valence-corrected chi connectivity index (χ2v) is 2.65. The molecule has 4 nitrogen and oxygen atoms in total. The molecule has 0 spiro atoms. The number of hydrogen-bond acceptors (Lipinski definition) is 4. The van der Waals surface area contributed by atoms with Gasteiger partial charge in [0.1, 0.15) is 11.7 Å². The Bertz CT molecular complexity index is 241. The lowest BCUT2D eigenvalue weighted by molar-refractivity contribution is -0.145. The Labute approximate surface area is 69.8 Å². The predicted octanol–water partition coefficient (Wildman–Crippen LogP) is 0.580.